The standard InChI is InChI=1S/C11H21N3O4S/c1-3-12-11(16)8(2)14-10(15)6-9-7-19(17,18)5-4-13-9/h8-9,13H,3-7H2,1-2H3,(H,12,16)(H,14,15). The van der Waals surface area contributed by atoms with Gasteiger partial charge in [0.25, 0.3) is 0 Å². The molecule has 0 saturated carbocycles. The average molecular weight is 291 g/mol. The molecule has 8 heteroatoms. The van der Waals surface area contributed by atoms with Gasteiger partial charge >= 0.3 is 0 Å². The van der Waals surface area contributed by atoms with Gasteiger partial charge in [0.15, 0.2) is 9.84 Å². The lowest BCUT2D eigenvalue weighted by Crippen LogP contribution is -2.50. The first-order chi connectivity index (χ1) is 8.84. The van der Waals surface area contributed by atoms with Gasteiger partial charge in [-0.25, -0.2) is 8.42 Å². The van der Waals surface area contributed by atoms with Crippen LogP contribution in [0, 0.1) is 0 Å². The normalized spacial score (nSPS) is 23.4. The van der Waals surface area contributed by atoms with Crippen molar-refractivity contribution >= 4 is 21.7 Å². The third-order valence-electron chi connectivity index (χ3n) is 2.85. The second-order valence-electron chi connectivity index (χ2n) is 4.65. The number of hydrogen-bond donors (Lipinski definition) is 3. The van der Waals surface area contributed by atoms with Crippen LogP contribution in [0.25, 0.3) is 0 Å². The van der Waals surface area contributed by atoms with E-state index in [1.165, 1.54) is 0 Å². The molecule has 1 rings (SSSR count). The summed E-state index contributed by atoms with van der Waals surface area (Å²) in [4.78, 5) is 23.2. The van der Waals surface area contributed by atoms with Gasteiger partial charge in [0.05, 0.1) is 11.5 Å². The minimum absolute atomic E-state index is 0.0318. The summed E-state index contributed by atoms with van der Waals surface area (Å²) >= 11 is 0. The van der Waals surface area contributed by atoms with Gasteiger partial charge in [-0.1, -0.05) is 0 Å². The van der Waals surface area contributed by atoms with E-state index in [2.05, 4.69) is 16.0 Å². The van der Waals surface area contributed by atoms with Gasteiger partial charge < -0.3 is 16.0 Å². The summed E-state index contributed by atoms with van der Waals surface area (Å²) in [6.45, 7) is 4.25. The number of amides is 2. The molecule has 3 N–H and O–H groups in total. The van der Waals surface area contributed by atoms with E-state index in [1.807, 2.05) is 0 Å². The topological polar surface area (TPSA) is 104 Å². The van der Waals surface area contributed by atoms with Crippen molar-refractivity contribution in [2.45, 2.75) is 32.4 Å². The minimum Gasteiger partial charge on any atom is -0.355 e. The molecule has 2 atom stereocenters. The van der Waals surface area contributed by atoms with Crippen molar-refractivity contribution in [3.63, 3.8) is 0 Å². The summed E-state index contributed by atoms with van der Waals surface area (Å²) in [6.07, 6.45) is 0.0585. The number of carbonyl (C=O) groups excluding carboxylic acids is 2. The zero-order valence-electron chi connectivity index (χ0n) is 11.2. The van der Waals surface area contributed by atoms with Crippen molar-refractivity contribution in [2.24, 2.45) is 0 Å². The van der Waals surface area contributed by atoms with Gasteiger partial charge in [0, 0.05) is 25.6 Å². The highest BCUT2D eigenvalue weighted by molar-refractivity contribution is 7.91. The molecular weight excluding hydrogens is 270 g/mol. The maximum absolute atomic E-state index is 11.7. The summed E-state index contributed by atoms with van der Waals surface area (Å²) < 4.78 is 22.8. The Balaban J connectivity index is 2.41. The molecule has 1 saturated heterocycles. The van der Waals surface area contributed by atoms with E-state index in [-0.39, 0.29) is 35.8 Å². The first-order valence-corrected chi connectivity index (χ1v) is 8.17. The molecule has 2 amide bonds. The molecular formula is C11H21N3O4S. The molecule has 1 aliphatic heterocycles. The lowest BCUT2D eigenvalue weighted by Gasteiger charge is -2.23. The van der Waals surface area contributed by atoms with Crippen LogP contribution in [-0.2, 0) is 19.4 Å². The summed E-state index contributed by atoms with van der Waals surface area (Å²) in [7, 11) is -3.05. The fourth-order valence-corrected chi connectivity index (χ4v) is 3.36. The van der Waals surface area contributed by atoms with E-state index >= 15 is 0 Å². The summed E-state index contributed by atoms with van der Waals surface area (Å²) in [5, 5.41) is 8.15. The van der Waals surface area contributed by atoms with Crippen molar-refractivity contribution in [3.8, 4) is 0 Å². The number of carbonyl (C=O) groups is 2. The molecule has 1 aliphatic rings. The summed E-state index contributed by atoms with van der Waals surface area (Å²) in [5.41, 5.74) is 0. The first kappa shape index (κ1) is 15.9. The van der Waals surface area contributed by atoms with Crippen molar-refractivity contribution in [1.82, 2.24) is 16.0 Å². The molecule has 110 valence electrons. The van der Waals surface area contributed by atoms with Crippen molar-refractivity contribution in [2.75, 3.05) is 24.6 Å². The molecule has 0 aromatic heterocycles. The SMILES string of the molecule is CCNC(=O)C(C)NC(=O)CC1CS(=O)(=O)CCN1. The van der Waals surface area contributed by atoms with Crippen LogP contribution >= 0.6 is 0 Å². The number of hydrogen-bond acceptors (Lipinski definition) is 5. The Kier molecular flexibility index (Phi) is 5.74. The van der Waals surface area contributed by atoms with Crippen molar-refractivity contribution in [3.05, 3.63) is 0 Å². The largest absolute Gasteiger partial charge is 0.355 e. The number of likely N-dealkylation sites (N-methyl/N-ethyl adjacent to an activating group) is 1. The number of nitrogens with one attached hydrogen (secondary N) is 3. The molecule has 1 fully saturated rings. The third-order valence-corrected chi connectivity index (χ3v) is 4.59. The Morgan fingerprint density at radius 2 is 2.11 bits per heavy atom. The molecule has 0 bridgehead atoms. The van der Waals surface area contributed by atoms with Gasteiger partial charge in [-0.15, -0.1) is 0 Å². The van der Waals surface area contributed by atoms with Crippen LogP contribution in [-0.4, -0.2) is 56.9 Å². The Morgan fingerprint density at radius 3 is 2.68 bits per heavy atom. The summed E-state index contributed by atoms with van der Waals surface area (Å²) in [5.74, 6) is -0.496. The highest BCUT2D eigenvalue weighted by Gasteiger charge is 2.26. The molecule has 7 nitrogen and oxygen atoms in total. The van der Waals surface area contributed by atoms with E-state index in [9.17, 15) is 18.0 Å². The van der Waals surface area contributed by atoms with Gasteiger partial charge in [-0.2, -0.15) is 0 Å². The highest BCUT2D eigenvalue weighted by Crippen LogP contribution is 2.05. The smallest absolute Gasteiger partial charge is 0.242 e. The van der Waals surface area contributed by atoms with Crippen LogP contribution in [0.4, 0.5) is 0 Å². The van der Waals surface area contributed by atoms with Gasteiger partial charge in [-0.05, 0) is 13.8 Å². The van der Waals surface area contributed by atoms with Crippen LogP contribution in [0.1, 0.15) is 20.3 Å². The number of rotatable bonds is 5. The lowest BCUT2D eigenvalue weighted by molar-refractivity contribution is -0.128. The molecule has 0 radical (unpaired) electrons. The Hall–Kier alpha value is -1.15. The van der Waals surface area contributed by atoms with E-state index in [1.54, 1.807) is 13.8 Å². The van der Waals surface area contributed by atoms with E-state index in [0.29, 0.717) is 13.1 Å². The Labute approximate surface area is 113 Å². The highest BCUT2D eigenvalue weighted by atomic mass is 32.2. The zero-order valence-corrected chi connectivity index (χ0v) is 12.0. The van der Waals surface area contributed by atoms with Crippen LogP contribution < -0.4 is 16.0 Å². The molecule has 1 heterocycles. The van der Waals surface area contributed by atoms with Gasteiger partial charge in [0.1, 0.15) is 6.04 Å². The molecule has 0 spiro atoms. The second-order valence-corrected chi connectivity index (χ2v) is 6.88. The van der Waals surface area contributed by atoms with Gasteiger partial charge in [-0.3, -0.25) is 9.59 Å². The monoisotopic (exact) mass is 291 g/mol. The molecule has 0 aliphatic carbocycles. The van der Waals surface area contributed by atoms with Gasteiger partial charge in [0.2, 0.25) is 11.8 Å². The number of sulfone groups is 1. The summed E-state index contributed by atoms with van der Waals surface area (Å²) in [6, 6.07) is -0.993. The fraction of sp³-hybridized carbons (Fsp3) is 0.818. The quantitative estimate of drug-likeness (QED) is 0.566. The fourth-order valence-electron chi connectivity index (χ4n) is 1.92. The minimum atomic E-state index is -3.05. The lowest BCUT2D eigenvalue weighted by atomic mass is 10.2. The first-order valence-electron chi connectivity index (χ1n) is 6.35. The Bertz CT molecular complexity index is 435. The average Bonchev–Trinajstić information content (AvgIpc) is 2.27. The maximum atomic E-state index is 11.7. The van der Waals surface area contributed by atoms with Crippen LogP contribution in [0.5, 0.6) is 0 Å². The van der Waals surface area contributed by atoms with Crippen molar-refractivity contribution < 1.29 is 18.0 Å². The van der Waals surface area contributed by atoms with E-state index in [0.717, 1.165) is 0 Å². The Morgan fingerprint density at radius 1 is 1.42 bits per heavy atom. The predicted molar refractivity (Wildman–Crippen MR) is 71.3 cm³/mol. The van der Waals surface area contributed by atoms with Crippen LogP contribution in [0.3, 0.4) is 0 Å². The zero-order chi connectivity index (χ0) is 14.5. The van der Waals surface area contributed by atoms with Crippen LogP contribution in [0.2, 0.25) is 0 Å². The molecule has 2 unspecified atom stereocenters. The van der Waals surface area contributed by atoms with Crippen molar-refractivity contribution in [1.29, 1.82) is 0 Å². The third kappa shape index (κ3) is 5.56. The molecule has 0 aromatic rings. The second kappa shape index (κ2) is 6.85. The maximum Gasteiger partial charge on any atom is 0.242 e. The molecule has 19 heavy (non-hydrogen) atoms. The predicted octanol–water partition coefficient (Wildman–Crippen LogP) is -1.60. The van der Waals surface area contributed by atoms with Crippen LogP contribution in [0.15, 0.2) is 0 Å². The van der Waals surface area contributed by atoms with E-state index < -0.39 is 15.9 Å². The van der Waals surface area contributed by atoms with E-state index in [4.69, 9.17) is 0 Å². The molecule has 0 aromatic carbocycles.